The summed E-state index contributed by atoms with van der Waals surface area (Å²) in [7, 11) is 3.27. The fraction of sp³-hybridized carbons (Fsp3) is 0.400. The highest BCUT2D eigenvalue weighted by Crippen LogP contribution is 2.28. The van der Waals surface area contributed by atoms with E-state index in [0.717, 1.165) is 40.6 Å². The van der Waals surface area contributed by atoms with Crippen LogP contribution in [0.5, 0.6) is 11.5 Å². The van der Waals surface area contributed by atoms with Gasteiger partial charge in [-0.1, -0.05) is 6.07 Å². The van der Waals surface area contributed by atoms with Crippen molar-refractivity contribution in [3.8, 4) is 11.5 Å². The number of methoxy groups -OCH3 is 2. The van der Waals surface area contributed by atoms with E-state index in [-0.39, 0.29) is 6.04 Å². The van der Waals surface area contributed by atoms with E-state index in [1.807, 2.05) is 25.1 Å². The first-order valence-corrected chi connectivity index (χ1v) is 7.38. The van der Waals surface area contributed by atoms with E-state index in [2.05, 4.69) is 10.4 Å². The number of rotatable bonds is 6. The summed E-state index contributed by atoms with van der Waals surface area (Å²) in [6.45, 7) is 2.01. The SMILES string of the molecule is COc1ccc(CC(N)Cc2csc(C)n2)cc1OC. The summed E-state index contributed by atoms with van der Waals surface area (Å²) in [5.74, 6) is 1.47. The number of benzene rings is 1. The standard InChI is InChI=1S/C15H20N2O2S/c1-10-17-13(9-20-10)8-12(16)6-11-4-5-14(18-2)15(7-11)19-3/h4-5,7,9,12H,6,8,16H2,1-3H3. The first kappa shape index (κ1) is 14.8. The Balaban J connectivity index is 2.02. The van der Waals surface area contributed by atoms with Gasteiger partial charge in [-0.05, 0) is 31.0 Å². The Morgan fingerprint density at radius 3 is 2.55 bits per heavy atom. The molecule has 0 aliphatic heterocycles. The molecule has 1 atom stereocenters. The van der Waals surface area contributed by atoms with Crippen LogP contribution in [-0.2, 0) is 12.8 Å². The number of ether oxygens (including phenoxy) is 2. The number of nitrogens with two attached hydrogens (primary N) is 1. The van der Waals surface area contributed by atoms with Gasteiger partial charge in [0, 0.05) is 17.8 Å². The van der Waals surface area contributed by atoms with Crippen LogP contribution in [0.25, 0.3) is 0 Å². The van der Waals surface area contributed by atoms with Crippen LogP contribution in [0, 0.1) is 6.92 Å². The Hall–Kier alpha value is -1.59. The van der Waals surface area contributed by atoms with Gasteiger partial charge in [0.1, 0.15) is 0 Å². The van der Waals surface area contributed by atoms with Crippen molar-refractivity contribution in [2.24, 2.45) is 5.73 Å². The minimum atomic E-state index is 0.0506. The average molecular weight is 292 g/mol. The molecule has 0 saturated carbocycles. The lowest BCUT2D eigenvalue weighted by Gasteiger charge is -2.13. The van der Waals surface area contributed by atoms with Crippen LogP contribution in [-0.4, -0.2) is 25.2 Å². The average Bonchev–Trinajstić information content (AvgIpc) is 2.83. The molecule has 0 spiro atoms. The lowest BCUT2D eigenvalue weighted by molar-refractivity contribution is 0.354. The number of hydrogen-bond donors (Lipinski definition) is 1. The van der Waals surface area contributed by atoms with Crippen LogP contribution in [0.1, 0.15) is 16.3 Å². The van der Waals surface area contributed by atoms with Crippen LogP contribution in [0.15, 0.2) is 23.6 Å². The van der Waals surface area contributed by atoms with E-state index < -0.39 is 0 Å². The van der Waals surface area contributed by atoms with E-state index in [4.69, 9.17) is 15.2 Å². The Kier molecular flexibility index (Phi) is 4.98. The van der Waals surface area contributed by atoms with Gasteiger partial charge >= 0.3 is 0 Å². The van der Waals surface area contributed by atoms with Crippen molar-refractivity contribution in [2.75, 3.05) is 14.2 Å². The zero-order valence-electron chi connectivity index (χ0n) is 12.1. The molecular formula is C15H20N2O2S. The minimum Gasteiger partial charge on any atom is -0.493 e. The van der Waals surface area contributed by atoms with Crippen LogP contribution in [0.2, 0.25) is 0 Å². The number of aromatic nitrogens is 1. The molecular weight excluding hydrogens is 272 g/mol. The highest BCUT2D eigenvalue weighted by molar-refractivity contribution is 7.09. The first-order valence-electron chi connectivity index (χ1n) is 6.50. The molecule has 2 rings (SSSR count). The summed E-state index contributed by atoms with van der Waals surface area (Å²) in [4.78, 5) is 4.45. The molecule has 5 heteroatoms. The molecule has 0 radical (unpaired) electrons. The van der Waals surface area contributed by atoms with Crippen molar-refractivity contribution in [1.82, 2.24) is 4.98 Å². The molecule has 0 aliphatic carbocycles. The maximum atomic E-state index is 6.20. The van der Waals surface area contributed by atoms with Crippen molar-refractivity contribution >= 4 is 11.3 Å². The molecule has 2 aromatic rings. The van der Waals surface area contributed by atoms with Gasteiger partial charge in [-0.25, -0.2) is 4.98 Å². The van der Waals surface area contributed by atoms with Crippen LogP contribution in [0.3, 0.4) is 0 Å². The molecule has 1 unspecified atom stereocenters. The molecule has 0 fully saturated rings. The second kappa shape index (κ2) is 6.72. The molecule has 1 aromatic heterocycles. The fourth-order valence-corrected chi connectivity index (χ4v) is 2.78. The molecule has 20 heavy (non-hydrogen) atoms. The first-order chi connectivity index (χ1) is 9.62. The van der Waals surface area contributed by atoms with Crippen molar-refractivity contribution in [2.45, 2.75) is 25.8 Å². The van der Waals surface area contributed by atoms with Gasteiger partial charge in [0.2, 0.25) is 0 Å². The predicted molar refractivity (Wildman–Crippen MR) is 81.8 cm³/mol. The topological polar surface area (TPSA) is 57.4 Å². The lowest BCUT2D eigenvalue weighted by Crippen LogP contribution is -2.25. The second-order valence-electron chi connectivity index (χ2n) is 4.72. The predicted octanol–water partition coefficient (Wildman–Crippen LogP) is 2.58. The summed E-state index contributed by atoms with van der Waals surface area (Å²) >= 11 is 1.66. The maximum Gasteiger partial charge on any atom is 0.160 e. The van der Waals surface area contributed by atoms with Gasteiger partial charge in [0.25, 0.3) is 0 Å². The Bertz CT molecular complexity index is 569. The third kappa shape index (κ3) is 3.71. The Morgan fingerprint density at radius 1 is 1.20 bits per heavy atom. The quantitative estimate of drug-likeness (QED) is 0.889. The molecule has 2 N–H and O–H groups in total. The maximum absolute atomic E-state index is 6.20. The highest BCUT2D eigenvalue weighted by atomic mass is 32.1. The van der Waals surface area contributed by atoms with Gasteiger partial charge < -0.3 is 15.2 Å². The van der Waals surface area contributed by atoms with Crippen LogP contribution >= 0.6 is 11.3 Å². The molecule has 1 aromatic carbocycles. The summed E-state index contributed by atoms with van der Waals surface area (Å²) in [5.41, 5.74) is 8.41. The van der Waals surface area contributed by atoms with Crippen molar-refractivity contribution in [3.63, 3.8) is 0 Å². The lowest BCUT2D eigenvalue weighted by atomic mass is 10.0. The smallest absolute Gasteiger partial charge is 0.160 e. The molecule has 0 saturated heterocycles. The fourth-order valence-electron chi connectivity index (χ4n) is 2.15. The van der Waals surface area contributed by atoms with Crippen molar-refractivity contribution in [1.29, 1.82) is 0 Å². The van der Waals surface area contributed by atoms with Gasteiger partial charge in [0.15, 0.2) is 11.5 Å². The molecule has 0 aliphatic rings. The largest absolute Gasteiger partial charge is 0.493 e. The summed E-state index contributed by atoms with van der Waals surface area (Å²) in [6.07, 6.45) is 1.58. The molecule has 0 amide bonds. The van der Waals surface area contributed by atoms with Crippen molar-refractivity contribution < 1.29 is 9.47 Å². The third-order valence-corrected chi connectivity index (χ3v) is 3.91. The number of nitrogens with zero attached hydrogens (tertiary/aromatic N) is 1. The Morgan fingerprint density at radius 2 is 1.95 bits per heavy atom. The van der Waals surface area contributed by atoms with Gasteiger partial charge in [-0.15, -0.1) is 11.3 Å². The zero-order chi connectivity index (χ0) is 14.5. The monoisotopic (exact) mass is 292 g/mol. The molecule has 4 nitrogen and oxygen atoms in total. The Labute approximate surface area is 123 Å². The molecule has 108 valence electrons. The zero-order valence-corrected chi connectivity index (χ0v) is 12.9. The van der Waals surface area contributed by atoms with E-state index in [9.17, 15) is 0 Å². The van der Waals surface area contributed by atoms with E-state index >= 15 is 0 Å². The van der Waals surface area contributed by atoms with Crippen LogP contribution in [0.4, 0.5) is 0 Å². The number of hydrogen-bond acceptors (Lipinski definition) is 5. The van der Waals surface area contributed by atoms with E-state index in [0.29, 0.717) is 0 Å². The summed E-state index contributed by atoms with van der Waals surface area (Å²) in [6, 6.07) is 5.96. The second-order valence-corrected chi connectivity index (χ2v) is 5.78. The molecule has 1 heterocycles. The van der Waals surface area contributed by atoms with Crippen molar-refractivity contribution in [3.05, 3.63) is 39.8 Å². The van der Waals surface area contributed by atoms with Crippen LogP contribution < -0.4 is 15.2 Å². The van der Waals surface area contributed by atoms with E-state index in [1.54, 1.807) is 25.6 Å². The van der Waals surface area contributed by atoms with E-state index in [1.165, 1.54) is 0 Å². The van der Waals surface area contributed by atoms with Gasteiger partial charge in [-0.2, -0.15) is 0 Å². The number of aryl methyl sites for hydroxylation is 1. The summed E-state index contributed by atoms with van der Waals surface area (Å²) < 4.78 is 10.5. The normalized spacial score (nSPS) is 12.2. The van der Waals surface area contributed by atoms with Gasteiger partial charge in [0.05, 0.1) is 24.9 Å². The van der Waals surface area contributed by atoms with Gasteiger partial charge in [-0.3, -0.25) is 0 Å². The molecule has 0 bridgehead atoms. The third-order valence-electron chi connectivity index (χ3n) is 3.08. The number of thiazole rings is 1. The summed E-state index contributed by atoms with van der Waals surface area (Å²) in [5, 5.41) is 3.15. The highest BCUT2D eigenvalue weighted by Gasteiger charge is 2.10. The minimum absolute atomic E-state index is 0.0506.